The number of hydrogen-bond acceptors (Lipinski definition) is 5. The van der Waals surface area contributed by atoms with Crippen LogP contribution in [0.25, 0.3) is 11.0 Å². The molecule has 0 spiro atoms. The Morgan fingerprint density at radius 3 is 2.69 bits per heavy atom. The van der Waals surface area contributed by atoms with Crippen LogP contribution >= 0.6 is 11.8 Å². The number of ketones is 1. The van der Waals surface area contributed by atoms with Crippen LogP contribution in [0.4, 0.5) is 0 Å². The third-order valence-electron chi connectivity index (χ3n) is 6.24. The summed E-state index contributed by atoms with van der Waals surface area (Å²) in [5.74, 6) is 1.32. The van der Waals surface area contributed by atoms with Gasteiger partial charge in [-0.05, 0) is 50.8 Å². The first-order valence-corrected chi connectivity index (χ1v) is 14.0. The van der Waals surface area contributed by atoms with Crippen molar-refractivity contribution in [3.63, 3.8) is 0 Å². The van der Waals surface area contributed by atoms with Gasteiger partial charge in [0.2, 0.25) is 0 Å². The smallest absolute Gasteiger partial charge is 0.175 e. The summed E-state index contributed by atoms with van der Waals surface area (Å²) >= 11 is 1.48. The molecule has 6 nitrogen and oxygen atoms in total. The molecule has 1 fully saturated rings. The molecule has 1 saturated heterocycles. The molecule has 0 radical (unpaired) electrons. The molecule has 1 atom stereocenters. The number of sulfone groups is 1. The number of Topliss-reactive ketones (excluding diaryl/α,β-unsaturated/α-hetero) is 1. The molecule has 0 N–H and O–H groups in total. The molecule has 0 amide bonds. The fraction of sp³-hybridized carbons (Fsp3) is 0.500. The Kier molecular flexibility index (Phi) is 6.54. The van der Waals surface area contributed by atoms with Crippen LogP contribution in [0.5, 0.6) is 0 Å². The van der Waals surface area contributed by atoms with E-state index in [1.807, 2.05) is 42.7 Å². The van der Waals surface area contributed by atoms with Crippen LogP contribution in [0.2, 0.25) is 0 Å². The van der Waals surface area contributed by atoms with Crippen LogP contribution in [-0.2, 0) is 16.4 Å². The molecule has 1 aliphatic rings. The lowest BCUT2D eigenvalue weighted by molar-refractivity contribution is 0.102. The number of thioether (sulfide) groups is 1. The summed E-state index contributed by atoms with van der Waals surface area (Å²) in [6.07, 6.45) is 1.66. The van der Waals surface area contributed by atoms with Gasteiger partial charge in [-0.2, -0.15) is 0 Å². The Morgan fingerprint density at radius 1 is 1.25 bits per heavy atom. The van der Waals surface area contributed by atoms with E-state index in [4.69, 9.17) is 4.98 Å². The third kappa shape index (κ3) is 4.66. The topological polar surface area (TPSA) is 74.0 Å². The Labute approximate surface area is 194 Å². The van der Waals surface area contributed by atoms with Gasteiger partial charge < -0.3 is 9.13 Å². The lowest BCUT2D eigenvalue weighted by Crippen LogP contribution is -2.14. The SMILES string of the molecule is Cc1cc(C(=O)CSc2nc3ccccc3n2CCC(C)C)c(C)n1[C@H]1CCS(=O)(=O)C1. The predicted octanol–water partition coefficient (Wildman–Crippen LogP) is 4.84. The summed E-state index contributed by atoms with van der Waals surface area (Å²) in [7, 11) is -2.98. The maximum absolute atomic E-state index is 13.1. The van der Waals surface area contributed by atoms with Crippen molar-refractivity contribution >= 4 is 38.4 Å². The minimum absolute atomic E-state index is 0.0534. The molecule has 0 saturated carbocycles. The van der Waals surface area contributed by atoms with Gasteiger partial charge in [-0.15, -0.1) is 0 Å². The normalized spacial score (nSPS) is 18.1. The largest absolute Gasteiger partial charge is 0.344 e. The van der Waals surface area contributed by atoms with Crippen molar-refractivity contribution in [3.8, 4) is 0 Å². The van der Waals surface area contributed by atoms with E-state index in [9.17, 15) is 13.2 Å². The van der Waals surface area contributed by atoms with Gasteiger partial charge in [0.15, 0.2) is 20.8 Å². The molecule has 0 aliphatic carbocycles. The van der Waals surface area contributed by atoms with Crippen LogP contribution in [-0.4, -0.2) is 45.6 Å². The highest BCUT2D eigenvalue weighted by Crippen LogP contribution is 2.31. The molecule has 0 bridgehead atoms. The first kappa shape index (κ1) is 23.1. The number of benzene rings is 1. The first-order chi connectivity index (χ1) is 15.2. The molecule has 3 aromatic rings. The van der Waals surface area contributed by atoms with E-state index in [0.29, 0.717) is 23.7 Å². The van der Waals surface area contributed by atoms with Crippen LogP contribution in [0.1, 0.15) is 54.5 Å². The monoisotopic (exact) mass is 473 g/mol. The van der Waals surface area contributed by atoms with Gasteiger partial charge in [-0.3, -0.25) is 4.79 Å². The molecule has 8 heteroatoms. The lowest BCUT2D eigenvalue weighted by atomic mass is 10.1. The van der Waals surface area contributed by atoms with Gasteiger partial charge in [0.05, 0.1) is 28.3 Å². The van der Waals surface area contributed by atoms with Crippen molar-refractivity contribution in [3.05, 3.63) is 47.3 Å². The van der Waals surface area contributed by atoms with Crippen LogP contribution in [0.15, 0.2) is 35.5 Å². The van der Waals surface area contributed by atoms with E-state index in [2.05, 4.69) is 24.5 Å². The summed E-state index contributed by atoms with van der Waals surface area (Å²) in [5, 5.41) is 0.871. The third-order valence-corrected chi connectivity index (χ3v) is 8.97. The predicted molar refractivity (Wildman–Crippen MR) is 130 cm³/mol. The van der Waals surface area contributed by atoms with Gasteiger partial charge in [0.25, 0.3) is 0 Å². The first-order valence-electron chi connectivity index (χ1n) is 11.2. The summed E-state index contributed by atoms with van der Waals surface area (Å²) in [4.78, 5) is 17.9. The average molecular weight is 474 g/mol. The highest BCUT2D eigenvalue weighted by atomic mass is 32.2. The van der Waals surface area contributed by atoms with Crippen LogP contribution in [0, 0.1) is 19.8 Å². The molecule has 0 unspecified atom stereocenters. The minimum atomic E-state index is -2.98. The van der Waals surface area contributed by atoms with E-state index in [0.717, 1.165) is 40.5 Å². The van der Waals surface area contributed by atoms with Gasteiger partial charge in [0, 0.05) is 29.5 Å². The number of hydrogen-bond donors (Lipinski definition) is 0. The standard InChI is InChI=1S/C24H31N3O3S2/c1-16(2)9-11-26-22-8-6-5-7-21(22)25-24(26)31-14-23(28)20-13-17(3)27(18(20)4)19-10-12-32(29,30)15-19/h5-8,13,16,19H,9-12,14-15H2,1-4H3/t19-/m0/s1. The number of aromatic nitrogens is 3. The van der Waals surface area contributed by atoms with E-state index in [1.165, 1.54) is 11.8 Å². The highest BCUT2D eigenvalue weighted by Gasteiger charge is 2.31. The van der Waals surface area contributed by atoms with Crippen molar-refractivity contribution in [1.29, 1.82) is 0 Å². The van der Waals surface area contributed by atoms with Crippen molar-refractivity contribution in [2.75, 3.05) is 17.3 Å². The summed E-state index contributed by atoms with van der Waals surface area (Å²) in [6, 6.07) is 9.93. The molecule has 1 aliphatic heterocycles. The Balaban J connectivity index is 1.54. The van der Waals surface area contributed by atoms with Gasteiger partial charge >= 0.3 is 0 Å². The van der Waals surface area contributed by atoms with Crippen molar-refractivity contribution in [2.24, 2.45) is 5.92 Å². The van der Waals surface area contributed by atoms with E-state index in [-0.39, 0.29) is 23.3 Å². The second kappa shape index (κ2) is 9.06. The number of aryl methyl sites for hydroxylation is 2. The number of rotatable bonds is 8. The quantitative estimate of drug-likeness (QED) is 0.346. The zero-order valence-electron chi connectivity index (χ0n) is 19.2. The average Bonchev–Trinajstić information content (AvgIpc) is 3.36. The Bertz CT molecular complexity index is 1250. The number of carbonyl (C=O) groups is 1. The van der Waals surface area contributed by atoms with Gasteiger partial charge in [0.1, 0.15) is 0 Å². The Morgan fingerprint density at radius 2 is 2.00 bits per heavy atom. The van der Waals surface area contributed by atoms with Crippen LogP contribution < -0.4 is 0 Å². The molecule has 2 aromatic heterocycles. The van der Waals surface area contributed by atoms with Crippen molar-refractivity contribution < 1.29 is 13.2 Å². The van der Waals surface area contributed by atoms with Crippen molar-refractivity contribution in [2.45, 2.75) is 58.3 Å². The number of para-hydroxylation sites is 2. The summed E-state index contributed by atoms with van der Waals surface area (Å²) in [6.45, 7) is 9.17. The highest BCUT2D eigenvalue weighted by molar-refractivity contribution is 7.99. The molecule has 4 rings (SSSR count). The zero-order valence-corrected chi connectivity index (χ0v) is 20.8. The van der Waals surface area contributed by atoms with Gasteiger partial charge in [-0.25, -0.2) is 13.4 Å². The zero-order chi connectivity index (χ0) is 23.0. The minimum Gasteiger partial charge on any atom is -0.344 e. The number of nitrogens with zero attached hydrogens (tertiary/aromatic N) is 3. The van der Waals surface area contributed by atoms with Gasteiger partial charge in [-0.1, -0.05) is 37.7 Å². The fourth-order valence-electron chi connectivity index (χ4n) is 4.58. The van der Waals surface area contributed by atoms with Crippen LogP contribution in [0.3, 0.4) is 0 Å². The number of fused-ring (bicyclic) bond motifs is 1. The summed E-state index contributed by atoms with van der Waals surface area (Å²) < 4.78 is 28.2. The van der Waals surface area contributed by atoms with E-state index in [1.54, 1.807) is 0 Å². The van der Waals surface area contributed by atoms with Crippen molar-refractivity contribution in [1.82, 2.24) is 14.1 Å². The molecule has 172 valence electrons. The second-order valence-corrected chi connectivity index (χ2v) is 12.3. The molecular formula is C24H31N3O3S2. The number of carbonyl (C=O) groups excluding carboxylic acids is 1. The maximum atomic E-state index is 13.1. The molecule has 1 aromatic carbocycles. The molecule has 32 heavy (non-hydrogen) atoms. The van der Waals surface area contributed by atoms with E-state index < -0.39 is 9.84 Å². The van der Waals surface area contributed by atoms with E-state index >= 15 is 0 Å². The Hall–Kier alpha value is -2.06. The fourth-order valence-corrected chi connectivity index (χ4v) is 7.20. The maximum Gasteiger partial charge on any atom is 0.175 e. The second-order valence-electron chi connectivity index (χ2n) is 9.14. The molecular weight excluding hydrogens is 442 g/mol. The number of imidazole rings is 1. The summed E-state index contributed by atoms with van der Waals surface area (Å²) in [5.41, 5.74) is 4.55. The molecule has 3 heterocycles. The lowest BCUT2D eigenvalue weighted by Gasteiger charge is -2.16.